The van der Waals surface area contributed by atoms with Crippen LogP contribution in [-0.2, 0) is 16.1 Å². The third kappa shape index (κ3) is 8.21. The third-order valence-corrected chi connectivity index (χ3v) is 3.39. The first-order valence-corrected chi connectivity index (χ1v) is 7.71. The molecule has 0 heterocycles. The van der Waals surface area contributed by atoms with Crippen LogP contribution in [0.1, 0.15) is 32.8 Å². The predicted octanol–water partition coefficient (Wildman–Crippen LogP) is 2.51. The molecule has 0 saturated carbocycles. The van der Waals surface area contributed by atoms with Gasteiger partial charge in [-0.15, -0.1) is 12.4 Å². The first-order chi connectivity index (χ1) is 10.5. The molecule has 3 N–H and O–H groups in total. The zero-order chi connectivity index (χ0) is 16.5. The lowest BCUT2D eigenvalue weighted by Gasteiger charge is -2.21. The zero-order valence-corrected chi connectivity index (χ0v) is 15.2. The van der Waals surface area contributed by atoms with Gasteiger partial charge in [0.2, 0.25) is 5.91 Å². The Kier molecular flexibility index (Phi) is 10.6. The van der Waals surface area contributed by atoms with E-state index >= 15 is 0 Å². The highest BCUT2D eigenvalue weighted by Crippen LogP contribution is 2.14. The van der Waals surface area contributed by atoms with Crippen molar-refractivity contribution in [1.29, 1.82) is 0 Å². The molecule has 1 aromatic carbocycles. The highest BCUT2D eigenvalue weighted by molar-refractivity contribution is 5.85. The Hall–Kier alpha value is -1.30. The Labute approximate surface area is 145 Å². The lowest BCUT2D eigenvalue weighted by molar-refractivity contribution is -0.133. The minimum absolute atomic E-state index is 0. The van der Waals surface area contributed by atoms with Gasteiger partial charge in [0.15, 0.2) is 0 Å². The van der Waals surface area contributed by atoms with Gasteiger partial charge in [0.1, 0.15) is 11.9 Å². The molecule has 23 heavy (non-hydrogen) atoms. The smallest absolute Gasteiger partial charge is 0.249 e. The van der Waals surface area contributed by atoms with E-state index in [2.05, 4.69) is 19.2 Å². The van der Waals surface area contributed by atoms with E-state index in [1.54, 1.807) is 14.0 Å². The number of hydrogen-bond acceptors (Lipinski definition) is 4. The zero-order valence-electron chi connectivity index (χ0n) is 14.4. The molecule has 0 aliphatic heterocycles. The number of hydrogen-bond donors (Lipinski definition) is 2. The van der Waals surface area contributed by atoms with E-state index in [0.717, 1.165) is 17.7 Å². The van der Waals surface area contributed by atoms with Crippen LogP contribution in [0.5, 0.6) is 5.75 Å². The molecular weight excluding hydrogens is 316 g/mol. The van der Waals surface area contributed by atoms with Crippen molar-refractivity contribution in [2.24, 2.45) is 11.7 Å². The maximum Gasteiger partial charge on any atom is 0.249 e. The normalized spacial score (nSPS) is 13.1. The van der Waals surface area contributed by atoms with Crippen molar-refractivity contribution in [3.05, 3.63) is 29.8 Å². The maximum atomic E-state index is 12.1. The van der Waals surface area contributed by atoms with Crippen LogP contribution in [0.3, 0.4) is 0 Å². The average Bonchev–Trinajstić information content (AvgIpc) is 2.51. The van der Waals surface area contributed by atoms with Gasteiger partial charge in [0.05, 0.1) is 13.7 Å². The number of carbonyl (C=O) groups excluding carboxylic acids is 1. The van der Waals surface area contributed by atoms with Crippen molar-refractivity contribution < 1.29 is 14.3 Å². The molecule has 1 rings (SSSR count). The fourth-order valence-electron chi connectivity index (χ4n) is 2.16. The van der Waals surface area contributed by atoms with E-state index in [1.807, 2.05) is 24.3 Å². The Bertz CT molecular complexity index is 469. The molecule has 2 atom stereocenters. The van der Waals surface area contributed by atoms with E-state index in [0.29, 0.717) is 19.1 Å². The summed E-state index contributed by atoms with van der Waals surface area (Å²) in [7, 11) is 1.62. The second kappa shape index (κ2) is 11.3. The maximum absolute atomic E-state index is 12.1. The number of nitrogens with one attached hydrogen (secondary N) is 1. The molecule has 2 unspecified atom stereocenters. The summed E-state index contributed by atoms with van der Waals surface area (Å²) in [4.78, 5) is 12.1. The van der Waals surface area contributed by atoms with Crippen LogP contribution in [-0.4, -0.2) is 31.7 Å². The minimum Gasteiger partial charge on any atom is -0.497 e. The van der Waals surface area contributed by atoms with E-state index in [4.69, 9.17) is 15.2 Å². The molecule has 0 aromatic heterocycles. The Balaban J connectivity index is 0.00000484. The number of carbonyl (C=O) groups is 1. The molecule has 0 fully saturated rings. The SMILES string of the molecule is COc1cccc(COC(C)C(=O)NC(CN)CC(C)C)c1.Cl. The molecule has 0 saturated heterocycles. The van der Waals surface area contributed by atoms with Gasteiger partial charge < -0.3 is 20.5 Å². The molecule has 1 aromatic rings. The molecular formula is C17H29ClN2O3. The summed E-state index contributed by atoms with van der Waals surface area (Å²) in [5.74, 6) is 1.14. The Morgan fingerprint density at radius 1 is 1.30 bits per heavy atom. The number of ether oxygens (including phenoxy) is 2. The van der Waals surface area contributed by atoms with Crippen LogP contribution in [0.25, 0.3) is 0 Å². The van der Waals surface area contributed by atoms with E-state index < -0.39 is 6.10 Å². The van der Waals surface area contributed by atoms with E-state index in [-0.39, 0.29) is 24.4 Å². The van der Waals surface area contributed by atoms with Crippen molar-refractivity contribution >= 4 is 18.3 Å². The van der Waals surface area contributed by atoms with E-state index in [9.17, 15) is 4.79 Å². The quantitative estimate of drug-likeness (QED) is 0.722. The van der Waals surface area contributed by atoms with Crippen molar-refractivity contribution in [2.45, 2.75) is 45.9 Å². The number of halogens is 1. The van der Waals surface area contributed by atoms with Crippen LogP contribution in [0, 0.1) is 5.92 Å². The molecule has 6 heteroatoms. The van der Waals surface area contributed by atoms with Gasteiger partial charge in [0.25, 0.3) is 0 Å². The van der Waals surface area contributed by atoms with Crippen LogP contribution in [0.2, 0.25) is 0 Å². The molecule has 0 aliphatic carbocycles. The molecule has 0 aliphatic rings. The summed E-state index contributed by atoms with van der Waals surface area (Å²) < 4.78 is 10.8. The minimum atomic E-state index is -0.521. The number of nitrogens with two attached hydrogens (primary N) is 1. The monoisotopic (exact) mass is 344 g/mol. The van der Waals surface area contributed by atoms with Gasteiger partial charge in [-0.1, -0.05) is 26.0 Å². The lowest BCUT2D eigenvalue weighted by atomic mass is 10.0. The Morgan fingerprint density at radius 2 is 2.00 bits per heavy atom. The number of amides is 1. The topological polar surface area (TPSA) is 73.6 Å². The summed E-state index contributed by atoms with van der Waals surface area (Å²) >= 11 is 0. The molecule has 1 amide bonds. The van der Waals surface area contributed by atoms with Gasteiger partial charge >= 0.3 is 0 Å². The first-order valence-electron chi connectivity index (χ1n) is 7.71. The van der Waals surface area contributed by atoms with Crippen LogP contribution < -0.4 is 15.8 Å². The second-order valence-corrected chi connectivity index (χ2v) is 5.88. The molecule has 0 bridgehead atoms. The fraction of sp³-hybridized carbons (Fsp3) is 0.588. The van der Waals surface area contributed by atoms with E-state index in [1.165, 1.54) is 0 Å². The van der Waals surface area contributed by atoms with Crippen LogP contribution in [0.4, 0.5) is 0 Å². The second-order valence-electron chi connectivity index (χ2n) is 5.88. The lowest BCUT2D eigenvalue weighted by Crippen LogP contribution is -2.45. The van der Waals surface area contributed by atoms with Crippen LogP contribution >= 0.6 is 12.4 Å². The van der Waals surface area contributed by atoms with Crippen LogP contribution in [0.15, 0.2) is 24.3 Å². The number of benzene rings is 1. The van der Waals surface area contributed by atoms with Crippen molar-refractivity contribution in [1.82, 2.24) is 5.32 Å². The average molecular weight is 345 g/mol. The van der Waals surface area contributed by atoms with Gasteiger partial charge in [-0.25, -0.2) is 0 Å². The summed E-state index contributed by atoms with van der Waals surface area (Å²) in [5, 5.41) is 2.94. The van der Waals surface area contributed by atoms with Gasteiger partial charge in [-0.05, 0) is 37.0 Å². The summed E-state index contributed by atoms with van der Waals surface area (Å²) in [6.45, 7) is 6.77. The standard InChI is InChI=1S/C17H28N2O3.ClH/c1-12(2)8-15(10-18)19-17(20)13(3)22-11-14-6-5-7-16(9-14)21-4;/h5-7,9,12-13,15H,8,10-11,18H2,1-4H3,(H,19,20);1H. The molecule has 132 valence electrons. The molecule has 5 nitrogen and oxygen atoms in total. The number of rotatable bonds is 9. The van der Waals surface area contributed by atoms with Gasteiger partial charge in [-0.3, -0.25) is 4.79 Å². The molecule has 0 spiro atoms. The fourth-order valence-corrected chi connectivity index (χ4v) is 2.16. The molecule has 0 radical (unpaired) electrons. The van der Waals surface area contributed by atoms with Gasteiger partial charge in [0, 0.05) is 12.6 Å². The summed E-state index contributed by atoms with van der Waals surface area (Å²) in [5.41, 5.74) is 6.67. The highest BCUT2D eigenvalue weighted by Gasteiger charge is 2.18. The third-order valence-electron chi connectivity index (χ3n) is 3.39. The highest BCUT2D eigenvalue weighted by atomic mass is 35.5. The van der Waals surface area contributed by atoms with Gasteiger partial charge in [-0.2, -0.15) is 0 Å². The Morgan fingerprint density at radius 3 is 2.57 bits per heavy atom. The first kappa shape index (κ1) is 21.7. The summed E-state index contributed by atoms with van der Waals surface area (Å²) in [6, 6.07) is 7.60. The van der Waals surface area contributed by atoms with Crippen molar-refractivity contribution in [2.75, 3.05) is 13.7 Å². The van der Waals surface area contributed by atoms with Crippen molar-refractivity contribution in [3.63, 3.8) is 0 Å². The largest absolute Gasteiger partial charge is 0.497 e. The predicted molar refractivity (Wildman–Crippen MR) is 94.9 cm³/mol. The summed E-state index contributed by atoms with van der Waals surface area (Å²) in [6.07, 6.45) is 0.345. The number of methoxy groups -OCH3 is 1. The van der Waals surface area contributed by atoms with Crippen molar-refractivity contribution in [3.8, 4) is 5.75 Å².